The lowest BCUT2D eigenvalue weighted by Gasteiger charge is -2.27. The van der Waals surface area contributed by atoms with Crippen molar-refractivity contribution in [2.75, 3.05) is 0 Å². The van der Waals surface area contributed by atoms with E-state index in [2.05, 4.69) is 80.5 Å². The van der Waals surface area contributed by atoms with Crippen LogP contribution < -0.4 is 0 Å². The molecule has 0 aromatic heterocycles. The van der Waals surface area contributed by atoms with Crippen LogP contribution in [0.3, 0.4) is 0 Å². The number of rotatable bonds is 1. The van der Waals surface area contributed by atoms with Crippen molar-refractivity contribution < 1.29 is 5.11 Å². The Morgan fingerprint density at radius 3 is 1.65 bits per heavy atom. The first kappa shape index (κ1) is 20.5. The van der Waals surface area contributed by atoms with Crippen LogP contribution in [0.25, 0.3) is 0 Å². The van der Waals surface area contributed by atoms with Gasteiger partial charge in [-0.25, -0.2) is 4.99 Å². The Morgan fingerprint density at radius 1 is 0.692 bits per heavy atom. The van der Waals surface area contributed by atoms with Crippen molar-refractivity contribution in [3.05, 3.63) is 53.5 Å². The first-order chi connectivity index (χ1) is 11.7. The van der Waals surface area contributed by atoms with E-state index in [1.165, 1.54) is 11.5 Å². The number of aromatic hydroxyl groups is 1. The molecule has 0 aliphatic heterocycles. The zero-order chi connectivity index (χ0) is 19.9. The zero-order valence-corrected chi connectivity index (χ0v) is 17.9. The van der Waals surface area contributed by atoms with Crippen molar-refractivity contribution in [1.82, 2.24) is 0 Å². The minimum atomic E-state index is -0.147. The van der Waals surface area contributed by atoms with Crippen LogP contribution in [0, 0.1) is 11.3 Å². The Hall–Kier alpha value is -1.83. The van der Waals surface area contributed by atoms with E-state index in [1.807, 2.05) is 18.2 Å². The number of hydrogen-bond acceptors (Lipinski definition) is 2. The van der Waals surface area contributed by atoms with E-state index in [0.29, 0.717) is 5.69 Å². The van der Waals surface area contributed by atoms with E-state index >= 15 is 0 Å². The van der Waals surface area contributed by atoms with Crippen molar-refractivity contribution in [3.8, 4) is 5.75 Å². The predicted octanol–water partition coefficient (Wildman–Crippen LogP) is 6.81. The van der Waals surface area contributed by atoms with Gasteiger partial charge in [0, 0.05) is 11.5 Å². The lowest BCUT2D eigenvalue weighted by Crippen LogP contribution is -2.17. The predicted molar refractivity (Wildman–Crippen MR) is 114 cm³/mol. The minimum absolute atomic E-state index is 0.00589. The number of hydrogen-bond donors (Lipinski definition) is 1. The fourth-order valence-electron chi connectivity index (χ4n) is 2.88. The maximum atomic E-state index is 10.9. The minimum Gasteiger partial charge on any atom is -0.505 e. The molecular formula is C24H34NO. The number of allylic oxidation sites excluding steroid dienone is 4. The van der Waals surface area contributed by atoms with Gasteiger partial charge >= 0.3 is 0 Å². The largest absolute Gasteiger partial charge is 0.505 e. The molecule has 26 heavy (non-hydrogen) atoms. The molecule has 1 aliphatic carbocycles. The molecule has 1 aromatic carbocycles. The van der Waals surface area contributed by atoms with Crippen molar-refractivity contribution in [2.45, 2.75) is 73.1 Å². The van der Waals surface area contributed by atoms with Crippen LogP contribution in [0.1, 0.15) is 73.4 Å². The summed E-state index contributed by atoms with van der Waals surface area (Å²) in [4.78, 5) is 4.76. The third-order valence-electron chi connectivity index (χ3n) is 4.75. The molecule has 1 aliphatic rings. The number of nitrogens with zero attached hydrogens (tertiary/aromatic N) is 1. The van der Waals surface area contributed by atoms with Gasteiger partial charge in [0.15, 0.2) is 0 Å². The molecule has 0 bridgehead atoms. The van der Waals surface area contributed by atoms with Gasteiger partial charge < -0.3 is 5.11 Å². The highest BCUT2D eigenvalue weighted by molar-refractivity contribution is 6.07. The number of phenolic OH excluding ortho intramolecular Hbond substituents is 1. The monoisotopic (exact) mass is 352 g/mol. The lowest BCUT2D eigenvalue weighted by atomic mass is 9.78. The third kappa shape index (κ3) is 4.66. The molecule has 0 saturated heterocycles. The lowest BCUT2D eigenvalue weighted by molar-refractivity contribution is 0.446. The average Bonchev–Trinajstić information content (AvgIpc) is 2.46. The molecule has 0 heterocycles. The molecule has 0 saturated carbocycles. The summed E-state index contributed by atoms with van der Waals surface area (Å²) in [6.07, 6.45) is 8.30. The smallest absolute Gasteiger partial charge is 0.144 e. The summed E-state index contributed by atoms with van der Waals surface area (Å²) in [7, 11) is 0. The fraction of sp³-hybridized carbons (Fsp3) is 0.500. The van der Waals surface area contributed by atoms with Crippen LogP contribution in [-0.2, 0) is 10.8 Å². The maximum Gasteiger partial charge on any atom is 0.144 e. The Bertz CT molecular complexity index is 743. The number of phenols is 1. The molecule has 2 rings (SSSR count). The molecular weight excluding hydrogens is 318 g/mol. The van der Waals surface area contributed by atoms with Gasteiger partial charge in [-0.15, -0.1) is 0 Å². The molecule has 1 N–H and O–H groups in total. The zero-order valence-electron chi connectivity index (χ0n) is 17.9. The Kier molecular flexibility index (Phi) is 5.29. The second-order valence-corrected chi connectivity index (χ2v) is 10.3. The van der Waals surface area contributed by atoms with Gasteiger partial charge in [0.2, 0.25) is 0 Å². The summed E-state index contributed by atoms with van der Waals surface area (Å²) in [6, 6.07) is 4.14. The van der Waals surface area contributed by atoms with E-state index < -0.39 is 0 Å². The van der Waals surface area contributed by atoms with Gasteiger partial charge in [0.05, 0.1) is 5.71 Å². The van der Waals surface area contributed by atoms with Gasteiger partial charge in [0.1, 0.15) is 11.4 Å². The summed E-state index contributed by atoms with van der Waals surface area (Å²) in [5.74, 6) is 1.56. The summed E-state index contributed by atoms with van der Waals surface area (Å²) >= 11 is 0. The normalized spacial score (nSPS) is 16.3. The second-order valence-electron chi connectivity index (χ2n) is 10.3. The van der Waals surface area contributed by atoms with Crippen molar-refractivity contribution in [1.29, 1.82) is 0 Å². The van der Waals surface area contributed by atoms with Crippen LogP contribution in [0.5, 0.6) is 5.75 Å². The van der Waals surface area contributed by atoms with Gasteiger partial charge in [-0.3, -0.25) is 0 Å². The van der Waals surface area contributed by atoms with E-state index in [9.17, 15) is 5.11 Å². The molecule has 0 amide bonds. The molecule has 0 spiro atoms. The summed E-state index contributed by atoms with van der Waals surface area (Å²) < 4.78 is 0. The molecule has 2 heteroatoms. The topological polar surface area (TPSA) is 32.6 Å². The summed E-state index contributed by atoms with van der Waals surface area (Å²) in [5, 5.41) is 10.9. The van der Waals surface area contributed by atoms with Gasteiger partial charge in [-0.05, 0) is 40.0 Å². The molecule has 1 aromatic rings. The second kappa shape index (κ2) is 6.72. The molecule has 1 radical (unpaired) electrons. The van der Waals surface area contributed by atoms with Gasteiger partial charge in [0.25, 0.3) is 0 Å². The van der Waals surface area contributed by atoms with Crippen LogP contribution in [0.15, 0.2) is 41.4 Å². The van der Waals surface area contributed by atoms with Crippen molar-refractivity contribution >= 4 is 11.4 Å². The molecule has 141 valence electrons. The highest BCUT2D eigenvalue weighted by Crippen LogP contribution is 2.42. The Labute approximate surface area is 159 Å². The molecule has 2 nitrogen and oxygen atoms in total. The summed E-state index contributed by atoms with van der Waals surface area (Å²) in [5.41, 5.74) is 3.59. The van der Waals surface area contributed by atoms with E-state index in [-0.39, 0.29) is 22.0 Å². The highest BCUT2D eigenvalue weighted by atomic mass is 16.3. The van der Waals surface area contributed by atoms with Crippen LogP contribution in [-0.4, -0.2) is 10.8 Å². The van der Waals surface area contributed by atoms with E-state index in [4.69, 9.17) is 4.99 Å². The number of benzene rings is 1. The molecule has 0 atom stereocenters. The average molecular weight is 353 g/mol. The first-order valence-corrected chi connectivity index (χ1v) is 9.40. The van der Waals surface area contributed by atoms with E-state index in [1.54, 1.807) is 0 Å². The number of aliphatic imine (C=N–C) groups is 1. The molecule has 0 unspecified atom stereocenters. The SMILES string of the molecule is CC(C)(C)[C]1C=CC(=Nc2cc(C(C)(C)C)cc(C(C)(C)C)c2O)C=C1. The Morgan fingerprint density at radius 2 is 1.23 bits per heavy atom. The van der Waals surface area contributed by atoms with Gasteiger partial charge in [-0.1, -0.05) is 80.5 Å². The van der Waals surface area contributed by atoms with Gasteiger partial charge in [-0.2, -0.15) is 0 Å². The van der Waals surface area contributed by atoms with E-state index in [0.717, 1.165) is 11.3 Å². The molecule has 0 fully saturated rings. The fourth-order valence-corrected chi connectivity index (χ4v) is 2.88. The van der Waals surface area contributed by atoms with Crippen LogP contribution in [0.2, 0.25) is 0 Å². The Balaban J connectivity index is 2.52. The van der Waals surface area contributed by atoms with Crippen LogP contribution in [0.4, 0.5) is 5.69 Å². The highest BCUT2D eigenvalue weighted by Gasteiger charge is 2.25. The standard InChI is InChI=1S/C24H34NO/c1-22(2,3)16-10-12-18(13-11-16)25-20-15-17(23(4,5)6)14-19(21(20)26)24(7,8)9/h10-15,26H,1-9H3. The van der Waals surface area contributed by atoms with Crippen molar-refractivity contribution in [3.63, 3.8) is 0 Å². The quantitative estimate of drug-likeness (QED) is 0.592. The van der Waals surface area contributed by atoms with Crippen molar-refractivity contribution in [2.24, 2.45) is 10.4 Å². The summed E-state index contributed by atoms with van der Waals surface area (Å²) in [6.45, 7) is 19.5. The first-order valence-electron chi connectivity index (χ1n) is 9.40. The van der Waals surface area contributed by atoms with Crippen LogP contribution >= 0.6 is 0 Å². The third-order valence-corrected chi connectivity index (χ3v) is 4.75. The maximum absolute atomic E-state index is 10.9.